The molecule has 4 rings (SSSR count). The summed E-state index contributed by atoms with van der Waals surface area (Å²) >= 11 is 0. The molecule has 0 saturated heterocycles. The molecule has 21 heavy (non-hydrogen) atoms. The highest BCUT2D eigenvalue weighted by molar-refractivity contribution is 5.99. The zero-order chi connectivity index (χ0) is 14.7. The van der Waals surface area contributed by atoms with E-state index in [1.54, 1.807) is 12.1 Å². The number of hydrogen-bond donors (Lipinski definition) is 3. The number of hydrogen-bond acceptors (Lipinski definition) is 3. The normalized spacial score (nSPS) is 24.7. The number of phenolic OH excluding ortho intramolecular Hbond substituents is 1. The molecule has 0 spiro atoms. The Kier molecular flexibility index (Phi) is 2.44. The van der Waals surface area contributed by atoms with Crippen molar-refractivity contribution in [3.05, 3.63) is 35.5 Å². The number of nitrogens with zero attached hydrogens (tertiary/aromatic N) is 1. The molecule has 2 heterocycles. The van der Waals surface area contributed by atoms with Crippen LogP contribution in [-0.4, -0.2) is 45.7 Å². The number of likely N-dealkylation sites (N-methyl/N-ethyl adjacent to an activating group) is 1. The third kappa shape index (κ3) is 1.70. The summed E-state index contributed by atoms with van der Waals surface area (Å²) in [7, 11) is 1.96. The topological polar surface area (TPSA) is 76.6 Å². The van der Waals surface area contributed by atoms with Gasteiger partial charge >= 0.3 is 5.97 Å². The Bertz CT molecular complexity index is 790. The Morgan fingerprint density at radius 1 is 1.43 bits per heavy atom. The van der Waals surface area contributed by atoms with Crippen molar-refractivity contribution in [3.8, 4) is 5.75 Å². The number of carboxylic acid groups (broad SMARTS) is 1. The van der Waals surface area contributed by atoms with Crippen molar-refractivity contribution in [2.24, 2.45) is 5.92 Å². The van der Waals surface area contributed by atoms with Gasteiger partial charge in [-0.15, -0.1) is 0 Å². The van der Waals surface area contributed by atoms with Crippen LogP contribution in [0.2, 0.25) is 0 Å². The summed E-state index contributed by atoms with van der Waals surface area (Å²) in [6.45, 7) is 0.519. The van der Waals surface area contributed by atoms with E-state index in [9.17, 15) is 15.0 Å². The van der Waals surface area contributed by atoms with Gasteiger partial charge in [0.15, 0.2) is 0 Å². The van der Waals surface area contributed by atoms with Crippen LogP contribution in [0.25, 0.3) is 16.5 Å². The van der Waals surface area contributed by atoms with E-state index in [1.165, 1.54) is 5.56 Å². The number of aromatic nitrogens is 1. The fourth-order valence-corrected chi connectivity index (χ4v) is 3.66. The first-order valence-electron chi connectivity index (χ1n) is 7.02. The van der Waals surface area contributed by atoms with Crippen LogP contribution in [0, 0.1) is 5.92 Å². The van der Waals surface area contributed by atoms with Gasteiger partial charge in [0.05, 0.1) is 5.92 Å². The molecule has 0 radical (unpaired) electrons. The van der Waals surface area contributed by atoms with E-state index in [0.29, 0.717) is 6.54 Å². The number of fused-ring (bicyclic) bond motifs is 2. The Morgan fingerprint density at radius 3 is 3.00 bits per heavy atom. The molecular weight excluding hydrogens is 268 g/mol. The van der Waals surface area contributed by atoms with Crippen molar-refractivity contribution in [1.82, 2.24) is 9.88 Å². The van der Waals surface area contributed by atoms with Crippen molar-refractivity contribution in [2.75, 3.05) is 13.6 Å². The lowest BCUT2D eigenvalue weighted by molar-refractivity contribution is -0.140. The largest absolute Gasteiger partial charge is 0.508 e. The number of phenols is 1. The summed E-state index contributed by atoms with van der Waals surface area (Å²) in [5.41, 5.74) is 4.10. The maximum Gasteiger partial charge on any atom is 0.311 e. The summed E-state index contributed by atoms with van der Waals surface area (Å²) in [6, 6.07) is 3.63. The highest BCUT2D eigenvalue weighted by atomic mass is 16.4. The van der Waals surface area contributed by atoms with E-state index in [0.717, 1.165) is 28.5 Å². The zero-order valence-corrected chi connectivity index (χ0v) is 11.6. The molecular formula is C16H16N2O3. The first kappa shape index (κ1) is 12.5. The number of nitrogens with one attached hydrogen (secondary N) is 1. The summed E-state index contributed by atoms with van der Waals surface area (Å²) in [6.07, 6.45) is 4.71. The maximum absolute atomic E-state index is 11.4. The molecule has 5 nitrogen and oxygen atoms in total. The van der Waals surface area contributed by atoms with Gasteiger partial charge in [-0.2, -0.15) is 0 Å². The molecule has 1 aliphatic carbocycles. The number of carbonyl (C=O) groups is 1. The molecule has 0 bridgehead atoms. The first-order chi connectivity index (χ1) is 10.0. The van der Waals surface area contributed by atoms with Crippen LogP contribution in [0.1, 0.15) is 11.1 Å². The highest BCUT2D eigenvalue weighted by Crippen LogP contribution is 2.42. The number of carboxylic acids is 1. The van der Waals surface area contributed by atoms with E-state index in [2.05, 4.69) is 9.88 Å². The molecule has 1 aliphatic heterocycles. The quantitative estimate of drug-likeness (QED) is 0.746. The molecule has 2 aliphatic rings. The van der Waals surface area contributed by atoms with Gasteiger partial charge in [0.1, 0.15) is 5.75 Å². The fraction of sp³-hybridized carbons (Fsp3) is 0.312. The lowest BCUT2D eigenvalue weighted by Gasteiger charge is -2.38. The molecule has 5 heteroatoms. The van der Waals surface area contributed by atoms with Gasteiger partial charge in [-0.25, -0.2) is 0 Å². The van der Waals surface area contributed by atoms with Crippen LogP contribution in [-0.2, 0) is 11.2 Å². The van der Waals surface area contributed by atoms with Gasteiger partial charge in [-0.3, -0.25) is 9.69 Å². The first-order valence-corrected chi connectivity index (χ1v) is 7.02. The highest BCUT2D eigenvalue weighted by Gasteiger charge is 2.35. The van der Waals surface area contributed by atoms with Gasteiger partial charge < -0.3 is 15.2 Å². The van der Waals surface area contributed by atoms with Crippen LogP contribution in [0.3, 0.4) is 0 Å². The van der Waals surface area contributed by atoms with Crippen molar-refractivity contribution < 1.29 is 15.0 Å². The van der Waals surface area contributed by atoms with Crippen molar-refractivity contribution >= 4 is 22.4 Å². The molecule has 0 fully saturated rings. The summed E-state index contributed by atoms with van der Waals surface area (Å²) in [5.74, 6) is -1.10. The number of benzene rings is 1. The monoisotopic (exact) mass is 284 g/mol. The number of aromatic hydroxyl groups is 1. The van der Waals surface area contributed by atoms with Crippen LogP contribution in [0.5, 0.6) is 5.75 Å². The molecule has 0 unspecified atom stereocenters. The van der Waals surface area contributed by atoms with E-state index >= 15 is 0 Å². The average molecular weight is 284 g/mol. The molecule has 0 saturated carbocycles. The van der Waals surface area contributed by atoms with E-state index < -0.39 is 11.9 Å². The number of aliphatic carboxylic acids is 1. The minimum absolute atomic E-state index is 0.175. The summed E-state index contributed by atoms with van der Waals surface area (Å²) in [5, 5.41) is 20.4. The Morgan fingerprint density at radius 2 is 2.24 bits per heavy atom. The second-order valence-corrected chi connectivity index (χ2v) is 5.96. The van der Waals surface area contributed by atoms with E-state index in [4.69, 9.17) is 0 Å². The second kappa shape index (κ2) is 4.11. The summed E-state index contributed by atoms with van der Waals surface area (Å²) in [4.78, 5) is 16.6. The molecule has 1 aromatic carbocycles. The standard InChI is InChI=1S/C16H16N2O3/c1-18-7-9(16(20)21)2-11-12-4-10(19)5-13-15(12)8(6-17-13)3-14(11)18/h2,4-6,9,14,17,19H,3,7H2,1H3,(H,20,21)/t9-,14-/m1/s1. The van der Waals surface area contributed by atoms with E-state index in [1.807, 2.05) is 19.3 Å². The Balaban J connectivity index is 1.98. The lowest BCUT2D eigenvalue weighted by Crippen LogP contribution is -2.44. The Hall–Kier alpha value is -2.27. The third-order valence-electron chi connectivity index (χ3n) is 4.64. The van der Waals surface area contributed by atoms with Gasteiger partial charge in [0.2, 0.25) is 0 Å². The molecule has 0 amide bonds. The third-order valence-corrected chi connectivity index (χ3v) is 4.64. The van der Waals surface area contributed by atoms with Crippen LogP contribution < -0.4 is 0 Å². The predicted octanol–water partition coefficient (Wildman–Crippen LogP) is 1.83. The van der Waals surface area contributed by atoms with Crippen LogP contribution in [0.4, 0.5) is 0 Å². The number of rotatable bonds is 1. The maximum atomic E-state index is 11.4. The molecule has 2 aromatic rings. The minimum atomic E-state index is -0.802. The predicted molar refractivity (Wildman–Crippen MR) is 79.2 cm³/mol. The van der Waals surface area contributed by atoms with Crippen molar-refractivity contribution in [3.63, 3.8) is 0 Å². The van der Waals surface area contributed by atoms with Crippen LogP contribution in [0.15, 0.2) is 24.4 Å². The smallest absolute Gasteiger partial charge is 0.311 e. The van der Waals surface area contributed by atoms with Crippen molar-refractivity contribution in [1.29, 1.82) is 0 Å². The lowest BCUT2D eigenvalue weighted by atomic mass is 9.80. The number of H-pyrrole nitrogens is 1. The summed E-state index contributed by atoms with van der Waals surface area (Å²) < 4.78 is 0. The second-order valence-electron chi connectivity index (χ2n) is 5.96. The van der Waals surface area contributed by atoms with Gasteiger partial charge in [0.25, 0.3) is 0 Å². The minimum Gasteiger partial charge on any atom is -0.508 e. The Labute approximate surface area is 121 Å². The fourth-order valence-electron chi connectivity index (χ4n) is 3.66. The molecule has 108 valence electrons. The number of aromatic amines is 1. The SMILES string of the molecule is CN1C[C@H](C(=O)O)C=C2c3cc(O)cc4[nH]cc(c34)C[C@H]21. The van der Waals surface area contributed by atoms with Gasteiger partial charge in [-0.05, 0) is 36.2 Å². The van der Waals surface area contributed by atoms with Crippen LogP contribution >= 0.6 is 0 Å². The van der Waals surface area contributed by atoms with Crippen molar-refractivity contribution in [2.45, 2.75) is 12.5 Å². The van der Waals surface area contributed by atoms with Gasteiger partial charge in [0, 0.05) is 35.8 Å². The molecule has 3 N–H and O–H groups in total. The van der Waals surface area contributed by atoms with E-state index in [-0.39, 0.29) is 11.8 Å². The molecule has 1 aromatic heterocycles. The van der Waals surface area contributed by atoms with Gasteiger partial charge in [-0.1, -0.05) is 6.08 Å². The molecule has 2 atom stereocenters. The average Bonchev–Trinajstić information content (AvgIpc) is 2.83. The zero-order valence-electron chi connectivity index (χ0n) is 11.6.